The Morgan fingerprint density at radius 2 is 1.78 bits per heavy atom. The number of rotatable bonds is 6. The van der Waals surface area contributed by atoms with Crippen LogP contribution in [0.3, 0.4) is 0 Å². The summed E-state index contributed by atoms with van der Waals surface area (Å²) in [5.74, 6) is 0.980. The van der Waals surface area contributed by atoms with Crippen LogP contribution in [-0.2, 0) is 11.2 Å². The Kier molecular flexibility index (Phi) is 5.69. The number of hydrogen-bond acceptors (Lipinski definition) is 2. The Morgan fingerprint density at radius 1 is 1.17 bits per heavy atom. The maximum atomic E-state index is 11.5. The first-order valence-electron chi connectivity index (χ1n) is 6.52. The second kappa shape index (κ2) is 7.04. The predicted molar refractivity (Wildman–Crippen MR) is 73.8 cm³/mol. The summed E-state index contributed by atoms with van der Waals surface area (Å²) in [6.45, 7) is 7.94. The van der Waals surface area contributed by atoms with Gasteiger partial charge in [-0.15, -0.1) is 0 Å². The highest BCUT2D eigenvalue weighted by Gasteiger charge is 2.04. The van der Waals surface area contributed by atoms with Crippen molar-refractivity contribution in [3.8, 4) is 5.75 Å². The molecule has 0 aliphatic rings. The average molecular weight is 249 g/mol. The molecule has 0 aliphatic heterocycles. The van der Waals surface area contributed by atoms with E-state index in [1.54, 1.807) is 0 Å². The third kappa shape index (κ3) is 5.71. The molecule has 0 heterocycles. The van der Waals surface area contributed by atoms with Crippen molar-refractivity contribution in [2.45, 2.75) is 52.7 Å². The number of amides is 1. The fourth-order valence-corrected chi connectivity index (χ4v) is 1.66. The van der Waals surface area contributed by atoms with Crippen LogP contribution < -0.4 is 10.1 Å². The minimum absolute atomic E-state index is 0.104. The zero-order valence-corrected chi connectivity index (χ0v) is 11.7. The van der Waals surface area contributed by atoms with Crippen LogP contribution in [0.2, 0.25) is 0 Å². The molecule has 0 saturated carbocycles. The zero-order valence-electron chi connectivity index (χ0n) is 11.7. The lowest BCUT2D eigenvalue weighted by atomic mass is 10.1. The van der Waals surface area contributed by atoms with Gasteiger partial charge < -0.3 is 10.1 Å². The molecule has 3 nitrogen and oxygen atoms in total. The van der Waals surface area contributed by atoms with Crippen molar-refractivity contribution < 1.29 is 9.53 Å². The molecule has 0 radical (unpaired) electrons. The molecule has 0 atom stereocenters. The highest BCUT2D eigenvalue weighted by Crippen LogP contribution is 2.14. The van der Waals surface area contributed by atoms with E-state index in [1.807, 2.05) is 52.0 Å². The average Bonchev–Trinajstić information content (AvgIpc) is 2.26. The van der Waals surface area contributed by atoms with Crippen LogP contribution >= 0.6 is 0 Å². The number of carbonyl (C=O) groups is 1. The fourth-order valence-electron chi connectivity index (χ4n) is 1.66. The van der Waals surface area contributed by atoms with Gasteiger partial charge in [0, 0.05) is 12.5 Å². The quantitative estimate of drug-likeness (QED) is 0.841. The third-order valence-electron chi connectivity index (χ3n) is 2.39. The highest BCUT2D eigenvalue weighted by atomic mass is 16.5. The van der Waals surface area contributed by atoms with Crippen molar-refractivity contribution >= 4 is 5.91 Å². The Morgan fingerprint density at radius 3 is 2.28 bits per heavy atom. The van der Waals surface area contributed by atoms with Crippen LogP contribution in [0.1, 0.15) is 39.7 Å². The normalized spacial score (nSPS) is 10.8. The lowest BCUT2D eigenvalue weighted by Crippen LogP contribution is -2.30. The van der Waals surface area contributed by atoms with E-state index in [2.05, 4.69) is 5.32 Å². The van der Waals surface area contributed by atoms with Crippen molar-refractivity contribution in [3.05, 3.63) is 29.8 Å². The molecule has 1 rings (SSSR count). The molecule has 1 aromatic rings. The largest absolute Gasteiger partial charge is 0.491 e. The van der Waals surface area contributed by atoms with Gasteiger partial charge in [0.25, 0.3) is 0 Å². The molecule has 0 saturated heterocycles. The number of ether oxygens (including phenoxy) is 1. The summed E-state index contributed by atoms with van der Waals surface area (Å²) in [6.07, 6.45) is 1.48. The van der Waals surface area contributed by atoms with Crippen molar-refractivity contribution in [3.63, 3.8) is 0 Å². The molecule has 0 bridgehead atoms. The summed E-state index contributed by atoms with van der Waals surface area (Å²) in [5, 5.41) is 2.89. The van der Waals surface area contributed by atoms with Gasteiger partial charge in [-0.2, -0.15) is 0 Å². The van der Waals surface area contributed by atoms with Gasteiger partial charge in [-0.05, 0) is 51.8 Å². The monoisotopic (exact) mass is 249 g/mol. The second-order valence-electron chi connectivity index (χ2n) is 5.03. The van der Waals surface area contributed by atoms with Crippen LogP contribution in [-0.4, -0.2) is 18.1 Å². The standard InChI is InChI=1S/C15H23NO2/c1-11(2)16-15(17)10-7-13-5-8-14(9-6-13)18-12(3)4/h5-6,8-9,11-12H,7,10H2,1-4H3,(H,16,17). The van der Waals surface area contributed by atoms with E-state index in [1.165, 1.54) is 0 Å². The van der Waals surface area contributed by atoms with E-state index in [9.17, 15) is 4.79 Å². The van der Waals surface area contributed by atoms with Gasteiger partial charge in [-0.1, -0.05) is 12.1 Å². The topological polar surface area (TPSA) is 38.3 Å². The number of nitrogens with one attached hydrogen (secondary N) is 1. The lowest BCUT2D eigenvalue weighted by Gasteiger charge is -2.10. The molecule has 0 aliphatic carbocycles. The van der Waals surface area contributed by atoms with Crippen LogP contribution in [0.4, 0.5) is 0 Å². The van der Waals surface area contributed by atoms with Crippen LogP contribution in [0, 0.1) is 0 Å². The van der Waals surface area contributed by atoms with E-state index in [4.69, 9.17) is 4.74 Å². The zero-order chi connectivity index (χ0) is 13.5. The molecule has 0 spiro atoms. The van der Waals surface area contributed by atoms with Gasteiger partial charge in [-0.25, -0.2) is 0 Å². The number of aryl methyl sites for hydroxylation is 1. The molecule has 0 unspecified atom stereocenters. The summed E-state index contributed by atoms with van der Waals surface area (Å²) in [7, 11) is 0. The molecular weight excluding hydrogens is 226 g/mol. The first-order valence-corrected chi connectivity index (χ1v) is 6.52. The van der Waals surface area contributed by atoms with E-state index in [0.717, 1.165) is 17.7 Å². The maximum absolute atomic E-state index is 11.5. The molecule has 1 amide bonds. The minimum Gasteiger partial charge on any atom is -0.491 e. The van der Waals surface area contributed by atoms with Crippen molar-refractivity contribution in [1.82, 2.24) is 5.32 Å². The molecule has 18 heavy (non-hydrogen) atoms. The Balaban J connectivity index is 2.41. The van der Waals surface area contributed by atoms with Gasteiger partial charge in [0.2, 0.25) is 5.91 Å². The Hall–Kier alpha value is -1.51. The van der Waals surface area contributed by atoms with Crippen LogP contribution in [0.5, 0.6) is 5.75 Å². The van der Waals surface area contributed by atoms with Crippen molar-refractivity contribution in [1.29, 1.82) is 0 Å². The molecule has 100 valence electrons. The van der Waals surface area contributed by atoms with E-state index >= 15 is 0 Å². The smallest absolute Gasteiger partial charge is 0.220 e. The SMILES string of the molecule is CC(C)NC(=O)CCc1ccc(OC(C)C)cc1. The number of benzene rings is 1. The molecular formula is C15H23NO2. The Bertz CT molecular complexity index is 369. The van der Waals surface area contributed by atoms with Crippen LogP contribution in [0.25, 0.3) is 0 Å². The minimum atomic E-state index is 0.104. The van der Waals surface area contributed by atoms with Gasteiger partial charge in [-0.3, -0.25) is 4.79 Å². The number of hydrogen-bond donors (Lipinski definition) is 1. The van der Waals surface area contributed by atoms with E-state index < -0.39 is 0 Å². The molecule has 1 aromatic carbocycles. The first-order chi connectivity index (χ1) is 8.47. The van der Waals surface area contributed by atoms with E-state index in [0.29, 0.717) is 6.42 Å². The van der Waals surface area contributed by atoms with Gasteiger partial charge in [0.05, 0.1) is 6.10 Å². The van der Waals surface area contributed by atoms with Crippen molar-refractivity contribution in [2.75, 3.05) is 0 Å². The van der Waals surface area contributed by atoms with E-state index in [-0.39, 0.29) is 18.1 Å². The van der Waals surface area contributed by atoms with Crippen molar-refractivity contribution in [2.24, 2.45) is 0 Å². The maximum Gasteiger partial charge on any atom is 0.220 e. The Labute approximate surface area is 110 Å². The molecule has 3 heteroatoms. The van der Waals surface area contributed by atoms with Crippen LogP contribution in [0.15, 0.2) is 24.3 Å². The summed E-state index contributed by atoms with van der Waals surface area (Å²) in [5.41, 5.74) is 1.16. The first kappa shape index (κ1) is 14.6. The highest BCUT2D eigenvalue weighted by molar-refractivity contribution is 5.76. The molecule has 1 N–H and O–H groups in total. The fraction of sp³-hybridized carbons (Fsp3) is 0.533. The lowest BCUT2D eigenvalue weighted by molar-refractivity contribution is -0.121. The molecule has 0 fully saturated rings. The summed E-state index contributed by atoms with van der Waals surface area (Å²) in [6, 6.07) is 8.14. The predicted octanol–water partition coefficient (Wildman–Crippen LogP) is 2.93. The number of carbonyl (C=O) groups excluding carboxylic acids is 1. The molecule has 0 aromatic heterocycles. The summed E-state index contributed by atoms with van der Waals surface area (Å²) >= 11 is 0. The van der Waals surface area contributed by atoms with Gasteiger partial charge >= 0.3 is 0 Å². The third-order valence-corrected chi connectivity index (χ3v) is 2.39. The summed E-state index contributed by atoms with van der Waals surface area (Å²) in [4.78, 5) is 11.5. The van der Waals surface area contributed by atoms with Gasteiger partial charge in [0.1, 0.15) is 5.75 Å². The summed E-state index contributed by atoms with van der Waals surface area (Å²) < 4.78 is 5.57. The van der Waals surface area contributed by atoms with Gasteiger partial charge in [0.15, 0.2) is 0 Å². The second-order valence-corrected chi connectivity index (χ2v) is 5.03.